The number of fused-ring (bicyclic) bond motifs is 1. The van der Waals surface area contributed by atoms with E-state index in [0.29, 0.717) is 0 Å². The second kappa shape index (κ2) is 4.95. The highest BCUT2D eigenvalue weighted by molar-refractivity contribution is 5.78. The summed E-state index contributed by atoms with van der Waals surface area (Å²) in [7, 11) is 0. The molecule has 88 valence electrons. The van der Waals surface area contributed by atoms with Crippen LogP contribution < -0.4 is 5.32 Å². The molecule has 3 nitrogen and oxygen atoms in total. The van der Waals surface area contributed by atoms with Gasteiger partial charge in [-0.05, 0) is 19.1 Å². The molecule has 0 saturated carbocycles. The summed E-state index contributed by atoms with van der Waals surface area (Å²) < 4.78 is 0. The second-order valence-corrected chi connectivity index (χ2v) is 4.30. The van der Waals surface area contributed by atoms with E-state index in [4.69, 9.17) is 0 Å². The lowest BCUT2D eigenvalue weighted by Crippen LogP contribution is -2.32. The Morgan fingerprint density at radius 2 is 2.06 bits per heavy atom. The lowest BCUT2D eigenvalue weighted by Gasteiger charge is -2.12. The molecule has 0 saturated heterocycles. The molecule has 3 heteroatoms. The molecule has 1 aromatic carbocycles. The fourth-order valence-corrected chi connectivity index (χ4v) is 1.93. The summed E-state index contributed by atoms with van der Waals surface area (Å²) in [6.07, 6.45) is 0.754. The van der Waals surface area contributed by atoms with Crippen LogP contribution in [0.1, 0.15) is 19.5 Å². The molecule has 1 atom stereocenters. The van der Waals surface area contributed by atoms with Gasteiger partial charge in [0.2, 0.25) is 5.91 Å². The number of benzene rings is 1. The smallest absolute Gasteiger partial charge is 0.217 e. The van der Waals surface area contributed by atoms with Gasteiger partial charge in [0.05, 0.1) is 5.52 Å². The van der Waals surface area contributed by atoms with Crippen LogP contribution in [0.2, 0.25) is 0 Å². The monoisotopic (exact) mass is 228 g/mol. The first kappa shape index (κ1) is 11.6. The van der Waals surface area contributed by atoms with Crippen molar-refractivity contribution in [3.05, 3.63) is 42.1 Å². The SMILES string of the molecule is CC(=O)N[C@@H](C)Cc1ccc2ccccc2n1. The number of amides is 1. The number of carbonyl (C=O) groups is 1. The van der Waals surface area contributed by atoms with Crippen molar-refractivity contribution < 1.29 is 4.79 Å². The van der Waals surface area contributed by atoms with Crippen LogP contribution in [0.25, 0.3) is 10.9 Å². The van der Waals surface area contributed by atoms with Crippen molar-refractivity contribution in [2.24, 2.45) is 0 Å². The van der Waals surface area contributed by atoms with Gasteiger partial charge >= 0.3 is 0 Å². The molecule has 0 aliphatic rings. The van der Waals surface area contributed by atoms with Gasteiger partial charge in [0.15, 0.2) is 0 Å². The second-order valence-electron chi connectivity index (χ2n) is 4.30. The summed E-state index contributed by atoms with van der Waals surface area (Å²) in [6.45, 7) is 3.52. The van der Waals surface area contributed by atoms with Crippen molar-refractivity contribution >= 4 is 16.8 Å². The minimum atomic E-state index is -0.00158. The number of hydrogen-bond donors (Lipinski definition) is 1. The molecule has 17 heavy (non-hydrogen) atoms. The van der Waals surface area contributed by atoms with E-state index in [-0.39, 0.29) is 11.9 Å². The van der Waals surface area contributed by atoms with Crippen LogP contribution >= 0.6 is 0 Å². The molecule has 1 heterocycles. The van der Waals surface area contributed by atoms with Gasteiger partial charge in [0.25, 0.3) is 0 Å². The van der Waals surface area contributed by atoms with Crippen molar-refractivity contribution in [3.63, 3.8) is 0 Å². The fraction of sp³-hybridized carbons (Fsp3) is 0.286. The zero-order valence-electron chi connectivity index (χ0n) is 10.1. The number of rotatable bonds is 3. The Bertz CT molecular complexity index is 536. The Hall–Kier alpha value is -1.90. The molecule has 2 aromatic rings. The predicted molar refractivity (Wildman–Crippen MR) is 68.7 cm³/mol. The summed E-state index contributed by atoms with van der Waals surface area (Å²) in [6, 6.07) is 12.2. The van der Waals surface area contributed by atoms with E-state index < -0.39 is 0 Å². The number of nitrogens with zero attached hydrogens (tertiary/aromatic N) is 1. The Morgan fingerprint density at radius 1 is 1.29 bits per heavy atom. The van der Waals surface area contributed by atoms with Gasteiger partial charge in [-0.15, -0.1) is 0 Å². The molecule has 0 unspecified atom stereocenters. The lowest BCUT2D eigenvalue weighted by atomic mass is 10.1. The first-order valence-corrected chi connectivity index (χ1v) is 5.77. The number of hydrogen-bond acceptors (Lipinski definition) is 2. The molecule has 2 rings (SSSR count). The number of aromatic nitrogens is 1. The normalized spacial score (nSPS) is 12.4. The molecule has 0 aliphatic heterocycles. The molecule has 0 spiro atoms. The summed E-state index contributed by atoms with van der Waals surface area (Å²) >= 11 is 0. The molecule has 0 radical (unpaired) electrons. The third kappa shape index (κ3) is 3.03. The van der Waals surface area contributed by atoms with Crippen molar-refractivity contribution in [1.29, 1.82) is 0 Å². The molecular formula is C14H16N2O. The quantitative estimate of drug-likeness (QED) is 0.875. The minimum absolute atomic E-state index is 0.00158. The van der Waals surface area contributed by atoms with Crippen LogP contribution in [0.3, 0.4) is 0 Å². The van der Waals surface area contributed by atoms with Crippen molar-refractivity contribution in [1.82, 2.24) is 10.3 Å². The van der Waals surface area contributed by atoms with Crippen molar-refractivity contribution in [2.45, 2.75) is 26.3 Å². The van der Waals surface area contributed by atoms with E-state index in [1.54, 1.807) is 0 Å². The van der Waals surface area contributed by atoms with E-state index in [2.05, 4.69) is 16.4 Å². The highest BCUT2D eigenvalue weighted by Crippen LogP contribution is 2.12. The molecular weight excluding hydrogens is 212 g/mol. The Labute approximate surface area is 101 Å². The maximum Gasteiger partial charge on any atom is 0.217 e. The first-order chi connectivity index (χ1) is 8.15. The number of para-hydroxylation sites is 1. The van der Waals surface area contributed by atoms with E-state index in [1.807, 2.05) is 37.3 Å². The molecule has 1 amide bonds. The van der Waals surface area contributed by atoms with Gasteiger partial charge in [-0.25, -0.2) is 0 Å². The van der Waals surface area contributed by atoms with Crippen LogP contribution in [0.4, 0.5) is 0 Å². The van der Waals surface area contributed by atoms with Gasteiger partial charge < -0.3 is 5.32 Å². The first-order valence-electron chi connectivity index (χ1n) is 5.77. The molecule has 1 N–H and O–H groups in total. The van der Waals surface area contributed by atoms with Crippen LogP contribution in [0.5, 0.6) is 0 Å². The van der Waals surface area contributed by atoms with Gasteiger partial charge in [-0.3, -0.25) is 9.78 Å². The van der Waals surface area contributed by atoms with Crippen molar-refractivity contribution in [2.75, 3.05) is 0 Å². The largest absolute Gasteiger partial charge is 0.354 e. The number of nitrogens with one attached hydrogen (secondary N) is 1. The topological polar surface area (TPSA) is 42.0 Å². The van der Waals surface area contributed by atoms with Crippen LogP contribution in [0.15, 0.2) is 36.4 Å². The summed E-state index contributed by atoms with van der Waals surface area (Å²) in [5.41, 5.74) is 2.00. The Morgan fingerprint density at radius 3 is 2.82 bits per heavy atom. The average molecular weight is 228 g/mol. The van der Waals surface area contributed by atoms with Gasteiger partial charge in [-0.2, -0.15) is 0 Å². The Balaban J connectivity index is 2.16. The maximum atomic E-state index is 10.9. The maximum absolute atomic E-state index is 10.9. The number of pyridine rings is 1. The van der Waals surface area contributed by atoms with Crippen molar-refractivity contribution in [3.8, 4) is 0 Å². The van der Waals surface area contributed by atoms with Gasteiger partial charge in [0.1, 0.15) is 0 Å². The fourth-order valence-electron chi connectivity index (χ4n) is 1.93. The van der Waals surface area contributed by atoms with Crippen LogP contribution in [-0.4, -0.2) is 16.9 Å². The standard InChI is InChI=1S/C14H16N2O/c1-10(15-11(2)17)9-13-8-7-12-5-3-4-6-14(12)16-13/h3-8,10H,9H2,1-2H3,(H,15,17)/t10-/m0/s1. The molecule has 1 aromatic heterocycles. The number of carbonyl (C=O) groups excluding carboxylic acids is 1. The van der Waals surface area contributed by atoms with E-state index in [1.165, 1.54) is 6.92 Å². The molecule has 0 aliphatic carbocycles. The average Bonchev–Trinajstić information content (AvgIpc) is 2.27. The minimum Gasteiger partial charge on any atom is -0.354 e. The van der Waals surface area contributed by atoms with Gasteiger partial charge in [-0.1, -0.05) is 24.3 Å². The van der Waals surface area contributed by atoms with E-state index in [0.717, 1.165) is 23.0 Å². The predicted octanol–water partition coefficient (Wildman–Crippen LogP) is 2.30. The van der Waals surface area contributed by atoms with Crippen LogP contribution in [0, 0.1) is 0 Å². The zero-order chi connectivity index (χ0) is 12.3. The van der Waals surface area contributed by atoms with Crippen LogP contribution in [-0.2, 0) is 11.2 Å². The summed E-state index contributed by atoms with van der Waals surface area (Å²) in [5.74, 6) is -0.00158. The molecule has 0 bridgehead atoms. The molecule has 0 fully saturated rings. The van der Waals surface area contributed by atoms with E-state index >= 15 is 0 Å². The third-order valence-electron chi connectivity index (χ3n) is 2.62. The Kier molecular flexibility index (Phi) is 3.38. The lowest BCUT2D eigenvalue weighted by molar-refractivity contribution is -0.119. The summed E-state index contributed by atoms with van der Waals surface area (Å²) in [4.78, 5) is 15.5. The highest BCUT2D eigenvalue weighted by atomic mass is 16.1. The third-order valence-corrected chi connectivity index (χ3v) is 2.62. The highest BCUT2D eigenvalue weighted by Gasteiger charge is 2.06. The zero-order valence-corrected chi connectivity index (χ0v) is 10.1. The van der Waals surface area contributed by atoms with Gasteiger partial charge in [0, 0.05) is 30.5 Å². The summed E-state index contributed by atoms with van der Waals surface area (Å²) in [5, 5.41) is 4.00. The van der Waals surface area contributed by atoms with E-state index in [9.17, 15) is 4.79 Å².